The summed E-state index contributed by atoms with van der Waals surface area (Å²) >= 11 is 0. The molecule has 0 saturated carbocycles. The lowest BCUT2D eigenvalue weighted by Crippen LogP contribution is -2.38. The van der Waals surface area contributed by atoms with Gasteiger partial charge in [-0.3, -0.25) is 4.79 Å². The van der Waals surface area contributed by atoms with E-state index in [-0.39, 0.29) is 11.7 Å². The Bertz CT molecular complexity index is 448. The summed E-state index contributed by atoms with van der Waals surface area (Å²) < 4.78 is 5.53. The maximum Gasteiger partial charge on any atom is 0.261 e. The fourth-order valence-corrected chi connectivity index (χ4v) is 1.81. The van der Waals surface area contributed by atoms with E-state index in [4.69, 9.17) is 15.7 Å². The summed E-state index contributed by atoms with van der Waals surface area (Å²) in [4.78, 5) is 11.8. The lowest BCUT2D eigenvalue weighted by atomic mass is 10.1. The molecule has 0 spiro atoms. The van der Waals surface area contributed by atoms with E-state index in [0.717, 1.165) is 11.3 Å². The molecule has 4 N–H and O–H groups in total. The molecule has 0 radical (unpaired) electrons. The van der Waals surface area contributed by atoms with Crippen molar-refractivity contribution in [1.29, 1.82) is 0 Å². The van der Waals surface area contributed by atoms with Gasteiger partial charge in [0.2, 0.25) is 0 Å². The van der Waals surface area contributed by atoms with E-state index >= 15 is 0 Å². The zero-order chi connectivity index (χ0) is 13.0. The van der Waals surface area contributed by atoms with Gasteiger partial charge < -0.3 is 21.0 Å². The predicted octanol–water partition coefficient (Wildman–Crippen LogP) is 0.243. The molecule has 6 heteroatoms. The van der Waals surface area contributed by atoms with Crippen LogP contribution in [-0.4, -0.2) is 29.6 Å². The highest BCUT2D eigenvalue weighted by Gasteiger charge is 2.28. The fourth-order valence-electron chi connectivity index (χ4n) is 1.81. The number of hydrogen-bond donors (Lipinski definition) is 3. The lowest BCUT2D eigenvalue weighted by Gasteiger charge is -2.10. The predicted molar refractivity (Wildman–Crippen MR) is 65.6 cm³/mol. The third kappa shape index (κ3) is 2.71. The molecule has 1 aromatic carbocycles. The Morgan fingerprint density at radius 2 is 2.33 bits per heavy atom. The molecule has 0 saturated heterocycles. The van der Waals surface area contributed by atoms with Crippen molar-refractivity contribution < 1.29 is 14.7 Å². The summed E-state index contributed by atoms with van der Waals surface area (Å²) in [6.07, 6.45) is 0.391. The van der Waals surface area contributed by atoms with Gasteiger partial charge in [-0.15, -0.1) is 0 Å². The van der Waals surface area contributed by atoms with Crippen LogP contribution in [0.2, 0.25) is 0 Å². The van der Waals surface area contributed by atoms with E-state index in [1.54, 1.807) is 0 Å². The molecule has 96 valence electrons. The molecule has 1 aliphatic heterocycles. The summed E-state index contributed by atoms with van der Waals surface area (Å²) in [5, 5.41) is 13.9. The Hall–Kier alpha value is -2.24. The maximum atomic E-state index is 11.8. The van der Waals surface area contributed by atoms with Gasteiger partial charge in [0.15, 0.2) is 6.10 Å². The van der Waals surface area contributed by atoms with Crippen LogP contribution in [0.4, 0.5) is 0 Å². The van der Waals surface area contributed by atoms with E-state index in [1.807, 2.05) is 24.3 Å². The molecule has 0 aliphatic carbocycles. The first-order valence-corrected chi connectivity index (χ1v) is 5.69. The summed E-state index contributed by atoms with van der Waals surface area (Å²) in [5.41, 5.74) is 6.34. The first-order chi connectivity index (χ1) is 8.70. The van der Waals surface area contributed by atoms with E-state index in [2.05, 4.69) is 10.5 Å². The van der Waals surface area contributed by atoms with Gasteiger partial charge in [0.25, 0.3) is 5.91 Å². The Kier molecular flexibility index (Phi) is 3.66. The minimum atomic E-state index is -0.491. The molecule has 0 fully saturated rings. The van der Waals surface area contributed by atoms with Crippen molar-refractivity contribution in [2.75, 3.05) is 6.54 Å². The van der Waals surface area contributed by atoms with Crippen molar-refractivity contribution in [3.8, 4) is 5.75 Å². The highest BCUT2D eigenvalue weighted by molar-refractivity contribution is 5.84. The second-order valence-corrected chi connectivity index (χ2v) is 4.05. The van der Waals surface area contributed by atoms with Crippen LogP contribution < -0.4 is 15.8 Å². The second-order valence-electron chi connectivity index (χ2n) is 4.05. The van der Waals surface area contributed by atoms with Gasteiger partial charge in [-0.25, -0.2) is 0 Å². The number of hydrogen-bond acceptors (Lipinski definition) is 4. The zero-order valence-electron chi connectivity index (χ0n) is 9.80. The molecule has 1 heterocycles. The largest absolute Gasteiger partial charge is 0.480 e. The summed E-state index contributed by atoms with van der Waals surface area (Å²) in [6.45, 7) is 0.324. The Balaban J connectivity index is 1.82. The van der Waals surface area contributed by atoms with Gasteiger partial charge in [0.1, 0.15) is 11.6 Å². The van der Waals surface area contributed by atoms with Crippen molar-refractivity contribution in [1.82, 2.24) is 5.32 Å². The van der Waals surface area contributed by atoms with E-state index in [9.17, 15) is 4.79 Å². The Labute approximate surface area is 104 Å². The van der Waals surface area contributed by atoms with Crippen molar-refractivity contribution in [2.24, 2.45) is 10.9 Å². The number of carbonyl (C=O) groups is 1. The number of nitrogens with one attached hydrogen (secondary N) is 1. The minimum absolute atomic E-state index is 0.0888. The first kappa shape index (κ1) is 12.2. The van der Waals surface area contributed by atoms with E-state index in [1.165, 1.54) is 0 Å². The normalized spacial score (nSPS) is 18.0. The second kappa shape index (κ2) is 5.39. The van der Waals surface area contributed by atoms with Crippen LogP contribution in [0.25, 0.3) is 0 Å². The molecule has 1 aliphatic rings. The van der Waals surface area contributed by atoms with E-state index < -0.39 is 6.10 Å². The molecule has 1 aromatic rings. The third-order valence-electron chi connectivity index (χ3n) is 2.75. The van der Waals surface area contributed by atoms with Crippen molar-refractivity contribution in [3.63, 3.8) is 0 Å². The number of fused-ring (bicyclic) bond motifs is 1. The number of rotatable bonds is 4. The van der Waals surface area contributed by atoms with Gasteiger partial charge in [-0.1, -0.05) is 23.4 Å². The van der Waals surface area contributed by atoms with Gasteiger partial charge in [-0.2, -0.15) is 0 Å². The van der Waals surface area contributed by atoms with Crippen LogP contribution in [0.15, 0.2) is 29.4 Å². The quantitative estimate of drug-likeness (QED) is 0.308. The first-order valence-electron chi connectivity index (χ1n) is 5.69. The van der Waals surface area contributed by atoms with Crippen molar-refractivity contribution in [3.05, 3.63) is 29.8 Å². The average molecular weight is 249 g/mol. The highest BCUT2D eigenvalue weighted by atomic mass is 16.5. The monoisotopic (exact) mass is 249 g/mol. The number of nitrogens with zero attached hydrogens (tertiary/aromatic N) is 1. The van der Waals surface area contributed by atoms with Gasteiger partial charge in [0.05, 0.1) is 0 Å². The molecule has 1 amide bonds. The van der Waals surface area contributed by atoms with Crippen molar-refractivity contribution in [2.45, 2.75) is 18.9 Å². The zero-order valence-corrected chi connectivity index (χ0v) is 9.80. The maximum absolute atomic E-state index is 11.8. The number of nitrogens with two attached hydrogens (primary N) is 1. The fraction of sp³-hybridized carbons (Fsp3) is 0.333. The summed E-state index contributed by atoms with van der Waals surface area (Å²) in [7, 11) is 0. The minimum Gasteiger partial charge on any atom is -0.480 e. The highest BCUT2D eigenvalue weighted by Crippen LogP contribution is 2.27. The standard InChI is InChI=1S/C12H15N3O3/c13-11(15-17)5-6-14-12(16)10-7-8-3-1-2-4-9(8)18-10/h1-4,10,17H,5-7H2,(H2,13,15)(H,14,16). The van der Waals surface area contributed by atoms with Crippen LogP contribution in [0.3, 0.4) is 0 Å². The molecular formula is C12H15N3O3. The molecule has 2 rings (SSSR count). The smallest absolute Gasteiger partial charge is 0.261 e. The van der Waals surface area contributed by atoms with Crippen LogP contribution in [0.1, 0.15) is 12.0 Å². The lowest BCUT2D eigenvalue weighted by molar-refractivity contribution is -0.127. The molecule has 6 nitrogen and oxygen atoms in total. The average Bonchev–Trinajstić information content (AvgIpc) is 2.82. The van der Waals surface area contributed by atoms with Gasteiger partial charge in [0, 0.05) is 19.4 Å². The van der Waals surface area contributed by atoms with Crippen LogP contribution in [-0.2, 0) is 11.2 Å². The molecule has 18 heavy (non-hydrogen) atoms. The molecule has 0 aromatic heterocycles. The molecule has 1 atom stereocenters. The number of para-hydroxylation sites is 1. The number of carbonyl (C=O) groups excluding carboxylic acids is 1. The molecular weight excluding hydrogens is 234 g/mol. The van der Waals surface area contributed by atoms with Gasteiger partial charge in [-0.05, 0) is 11.6 Å². The van der Waals surface area contributed by atoms with E-state index in [0.29, 0.717) is 19.4 Å². The molecule has 0 bridgehead atoms. The topological polar surface area (TPSA) is 96.9 Å². The Morgan fingerprint density at radius 3 is 3.06 bits per heavy atom. The van der Waals surface area contributed by atoms with Gasteiger partial charge >= 0.3 is 0 Å². The number of oxime groups is 1. The number of amidine groups is 1. The van der Waals surface area contributed by atoms with Crippen LogP contribution in [0.5, 0.6) is 5.75 Å². The SMILES string of the molecule is NC(CCNC(=O)C1Cc2ccccc2O1)=NO. The Morgan fingerprint density at radius 1 is 1.56 bits per heavy atom. The number of benzene rings is 1. The van der Waals surface area contributed by atoms with Crippen LogP contribution in [0, 0.1) is 0 Å². The number of amides is 1. The van der Waals surface area contributed by atoms with Crippen LogP contribution >= 0.6 is 0 Å². The molecule has 1 unspecified atom stereocenters. The number of ether oxygens (including phenoxy) is 1. The van der Waals surface area contributed by atoms with Crippen molar-refractivity contribution >= 4 is 11.7 Å². The summed E-state index contributed by atoms with van der Waals surface area (Å²) in [5.74, 6) is 0.664. The summed E-state index contributed by atoms with van der Waals surface area (Å²) in [6, 6.07) is 7.58. The third-order valence-corrected chi connectivity index (χ3v) is 2.75.